The smallest absolute Gasteiger partial charge is 0.358 e. The summed E-state index contributed by atoms with van der Waals surface area (Å²) < 4.78 is 23.9. The van der Waals surface area contributed by atoms with Crippen LogP contribution in [0.2, 0.25) is 0 Å². The summed E-state index contributed by atoms with van der Waals surface area (Å²) in [5.74, 6) is -0.486. The molecule has 1 aromatic carbocycles. The fourth-order valence-electron chi connectivity index (χ4n) is 1.70. The Morgan fingerprint density at radius 1 is 1.45 bits per heavy atom. The molecule has 0 saturated carbocycles. The lowest BCUT2D eigenvalue weighted by molar-refractivity contribution is 0.0519. The number of nitrogens with zero attached hydrogens (tertiary/aromatic N) is 1. The second-order valence-electron chi connectivity index (χ2n) is 3.99. The van der Waals surface area contributed by atoms with Crippen molar-refractivity contribution >= 4 is 17.3 Å². The molecule has 4 nitrogen and oxygen atoms in total. The minimum Gasteiger partial charge on any atom is -0.497 e. The second kappa shape index (κ2) is 6.00. The van der Waals surface area contributed by atoms with Gasteiger partial charge in [-0.1, -0.05) is 0 Å². The van der Waals surface area contributed by atoms with Crippen LogP contribution in [0, 0.1) is 12.7 Å². The van der Waals surface area contributed by atoms with Crippen LogP contribution in [-0.4, -0.2) is 24.7 Å². The van der Waals surface area contributed by atoms with Crippen molar-refractivity contribution in [3.63, 3.8) is 0 Å². The van der Waals surface area contributed by atoms with Crippen molar-refractivity contribution < 1.29 is 18.7 Å². The van der Waals surface area contributed by atoms with Crippen molar-refractivity contribution in [2.75, 3.05) is 13.7 Å². The highest BCUT2D eigenvalue weighted by Crippen LogP contribution is 2.31. The number of hydrogen-bond donors (Lipinski definition) is 0. The fourth-order valence-corrected chi connectivity index (χ4v) is 2.62. The number of thiazole rings is 1. The highest BCUT2D eigenvalue weighted by Gasteiger charge is 2.19. The number of benzene rings is 1. The predicted octanol–water partition coefficient (Wildman–Crippen LogP) is 3.44. The third-order valence-electron chi connectivity index (χ3n) is 2.67. The van der Waals surface area contributed by atoms with E-state index in [1.54, 1.807) is 26.0 Å². The molecule has 0 fully saturated rings. The quantitative estimate of drug-likeness (QED) is 0.811. The minimum atomic E-state index is -0.485. The summed E-state index contributed by atoms with van der Waals surface area (Å²) in [5.41, 5.74) is 0.580. The highest BCUT2D eigenvalue weighted by atomic mass is 32.1. The van der Waals surface area contributed by atoms with Gasteiger partial charge in [0.25, 0.3) is 0 Å². The lowest BCUT2D eigenvalue weighted by Crippen LogP contribution is -2.06. The van der Waals surface area contributed by atoms with E-state index in [2.05, 4.69) is 4.98 Å². The van der Waals surface area contributed by atoms with Gasteiger partial charge in [0.2, 0.25) is 0 Å². The SMILES string of the molecule is CCOC(=O)c1nc(-c2ccc(OC)cc2F)sc1C. The molecule has 0 aliphatic carbocycles. The first-order valence-corrected chi connectivity index (χ1v) is 6.87. The number of methoxy groups -OCH3 is 1. The Labute approximate surface area is 120 Å². The lowest BCUT2D eigenvalue weighted by Gasteiger charge is -2.02. The molecule has 0 amide bonds. The summed E-state index contributed by atoms with van der Waals surface area (Å²) >= 11 is 1.26. The summed E-state index contributed by atoms with van der Waals surface area (Å²) in [6.45, 7) is 3.76. The monoisotopic (exact) mass is 295 g/mol. The van der Waals surface area contributed by atoms with Gasteiger partial charge in [-0.05, 0) is 26.0 Å². The van der Waals surface area contributed by atoms with E-state index in [4.69, 9.17) is 9.47 Å². The summed E-state index contributed by atoms with van der Waals surface area (Å²) in [6, 6.07) is 4.52. The molecule has 20 heavy (non-hydrogen) atoms. The molecule has 6 heteroatoms. The van der Waals surface area contributed by atoms with Crippen LogP contribution in [0.3, 0.4) is 0 Å². The normalized spacial score (nSPS) is 10.4. The van der Waals surface area contributed by atoms with Crippen LogP contribution in [0.15, 0.2) is 18.2 Å². The largest absolute Gasteiger partial charge is 0.497 e. The second-order valence-corrected chi connectivity index (χ2v) is 5.19. The summed E-state index contributed by atoms with van der Waals surface area (Å²) in [4.78, 5) is 16.6. The molecular formula is C14H14FNO3S. The Balaban J connectivity index is 2.39. The molecule has 106 valence electrons. The van der Waals surface area contributed by atoms with Crippen molar-refractivity contribution in [3.8, 4) is 16.3 Å². The first-order chi connectivity index (χ1) is 9.56. The van der Waals surface area contributed by atoms with Crippen LogP contribution < -0.4 is 4.74 Å². The Morgan fingerprint density at radius 2 is 2.20 bits per heavy atom. The molecule has 0 bridgehead atoms. The van der Waals surface area contributed by atoms with E-state index in [1.165, 1.54) is 24.5 Å². The van der Waals surface area contributed by atoms with Crippen LogP contribution in [0.5, 0.6) is 5.75 Å². The molecule has 2 aromatic rings. The average molecular weight is 295 g/mol. The molecule has 0 radical (unpaired) electrons. The van der Waals surface area contributed by atoms with Crippen LogP contribution in [-0.2, 0) is 4.74 Å². The zero-order valence-electron chi connectivity index (χ0n) is 11.4. The van der Waals surface area contributed by atoms with Gasteiger partial charge in [0.15, 0.2) is 5.69 Å². The number of halogens is 1. The first kappa shape index (κ1) is 14.5. The Kier molecular flexibility index (Phi) is 4.34. The first-order valence-electron chi connectivity index (χ1n) is 6.05. The van der Waals surface area contributed by atoms with Crippen LogP contribution in [0.25, 0.3) is 10.6 Å². The van der Waals surface area contributed by atoms with Gasteiger partial charge in [0, 0.05) is 16.5 Å². The predicted molar refractivity (Wildman–Crippen MR) is 74.8 cm³/mol. The zero-order valence-corrected chi connectivity index (χ0v) is 12.2. The van der Waals surface area contributed by atoms with Crippen molar-refractivity contribution in [3.05, 3.63) is 34.6 Å². The molecular weight excluding hydrogens is 281 g/mol. The van der Waals surface area contributed by atoms with Crippen LogP contribution in [0.1, 0.15) is 22.3 Å². The van der Waals surface area contributed by atoms with Crippen LogP contribution in [0.4, 0.5) is 4.39 Å². The molecule has 0 saturated heterocycles. The molecule has 0 N–H and O–H groups in total. The highest BCUT2D eigenvalue weighted by molar-refractivity contribution is 7.15. The maximum Gasteiger partial charge on any atom is 0.358 e. The van der Waals surface area contributed by atoms with Gasteiger partial charge >= 0.3 is 5.97 Å². The van der Waals surface area contributed by atoms with Crippen molar-refractivity contribution in [1.29, 1.82) is 0 Å². The fraction of sp³-hybridized carbons (Fsp3) is 0.286. The number of aryl methyl sites for hydroxylation is 1. The topological polar surface area (TPSA) is 48.4 Å². The Bertz CT molecular complexity index is 639. The average Bonchev–Trinajstić information content (AvgIpc) is 2.80. The molecule has 0 aliphatic heterocycles. The van der Waals surface area contributed by atoms with Gasteiger partial charge in [0.05, 0.1) is 13.7 Å². The summed E-state index contributed by atoms with van der Waals surface area (Å²) in [5, 5.41) is 0.450. The van der Waals surface area contributed by atoms with Crippen molar-refractivity contribution in [2.24, 2.45) is 0 Å². The third-order valence-corrected chi connectivity index (χ3v) is 3.68. The number of aromatic nitrogens is 1. The number of rotatable bonds is 4. The van der Waals surface area contributed by atoms with E-state index >= 15 is 0 Å². The Hall–Kier alpha value is -1.95. The number of carbonyl (C=O) groups is 1. The van der Waals surface area contributed by atoms with Crippen LogP contribution >= 0.6 is 11.3 Å². The van der Waals surface area contributed by atoms with E-state index in [9.17, 15) is 9.18 Å². The summed E-state index contributed by atoms with van der Waals surface area (Å²) in [6.07, 6.45) is 0. The van der Waals surface area contributed by atoms with Gasteiger partial charge in [0.1, 0.15) is 16.6 Å². The molecule has 0 aliphatic rings. The maximum atomic E-state index is 14.0. The molecule has 0 unspecified atom stereocenters. The van der Waals surface area contributed by atoms with Gasteiger partial charge in [-0.15, -0.1) is 11.3 Å². The van der Waals surface area contributed by atoms with E-state index in [1.807, 2.05) is 0 Å². The van der Waals surface area contributed by atoms with E-state index < -0.39 is 11.8 Å². The molecule has 0 atom stereocenters. The van der Waals surface area contributed by atoms with Gasteiger partial charge in [-0.3, -0.25) is 0 Å². The number of hydrogen-bond acceptors (Lipinski definition) is 5. The van der Waals surface area contributed by atoms with Gasteiger partial charge in [-0.2, -0.15) is 0 Å². The standard InChI is InChI=1S/C14H14FNO3S/c1-4-19-14(17)12-8(2)20-13(16-12)10-6-5-9(18-3)7-11(10)15/h5-7H,4H2,1-3H3. The Morgan fingerprint density at radius 3 is 2.80 bits per heavy atom. The van der Waals surface area contributed by atoms with Crippen molar-refractivity contribution in [1.82, 2.24) is 4.98 Å². The number of carbonyl (C=O) groups excluding carboxylic acids is 1. The third kappa shape index (κ3) is 2.80. The molecule has 1 heterocycles. The van der Waals surface area contributed by atoms with Crippen molar-refractivity contribution in [2.45, 2.75) is 13.8 Å². The lowest BCUT2D eigenvalue weighted by atomic mass is 10.2. The molecule has 2 rings (SSSR count). The zero-order chi connectivity index (χ0) is 14.7. The number of ether oxygens (including phenoxy) is 2. The minimum absolute atomic E-state index is 0.238. The van der Waals surface area contributed by atoms with E-state index in [0.29, 0.717) is 21.2 Å². The number of esters is 1. The van der Waals surface area contributed by atoms with Gasteiger partial charge < -0.3 is 9.47 Å². The van der Waals surface area contributed by atoms with E-state index in [0.717, 1.165) is 0 Å². The molecule has 0 spiro atoms. The maximum absolute atomic E-state index is 14.0. The van der Waals surface area contributed by atoms with Gasteiger partial charge in [-0.25, -0.2) is 14.2 Å². The summed E-state index contributed by atoms with van der Waals surface area (Å²) in [7, 11) is 1.47. The van der Waals surface area contributed by atoms with E-state index in [-0.39, 0.29) is 12.3 Å². The molecule has 1 aromatic heterocycles.